The molecule has 0 saturated carbocycles. The largest absolute Gasteiger partial charge is 0.533 e. The predicted molar refractivity (Wildman–Crippen MR) is 89.4 cm³/mol. The highest BCUT2D eigenvalue weighted by Crippen LogP contribution is 2.54. The van der Waals surface area contributed by atoms with Gasteiger partial charge in [-0.3, -0.25) is 9.05 Å². The van der Waals surface area contributed by atoms with Gasteiger partial charge in [0.2, 0.25) is 5.30 Å². The van der Waals surface area contributed by atoms with Crippen molar-refractivity contribution < 1.29 is 13.9 Å². The molecule has 4 heteroatoms. The minimum absolute atomic E-state index is 0.568. The molecule has 3 aromatic carbocycles. The second-order valence-electron chi connectivity index (χ2n) is 4.66. The molecule has 0 bridgehead atoms. The van der Waals surface area contributed by atoms with Gasteiger partial charge in [-0.1, -0.05) is 54.6 Å². The van der Waals surface area contributed by atoms with Crippen LogP contribution in [0.3, 0.4) is 0 Å². The van der Waals surface area contributed by atoms with Crippen molar-refractivity contribution in [1.82, 2.24) is 0 Å². The minimum Gasteiger partial charge on any atom is -0.274 e. The smallest absolute Gasteiger partial charge is 0.274 e. The number of hydrogen-bond donors (Lipinski definition) is 1. The molecule has 0 unspecified atom stereocenters. The molecule has 3 aromatic rings. The first-order valence-electron chi connectivity index (χ1n) is 6.93. The summed E-state index contributed by atoms with van der Waals surface area (Å²) in [6, 6.07) is 27.6. The molecule has 0 aliphatic heterocycles. The highest BCUT2D eigenvalue weighted by molar-refractivity contribution is 7.69. The van der Waals surface area contributed by atoms with Gasteiger partial charge in [-0.15, -0.1) is 0 Å². The molecular weight excluding hydrogens is 295 g/mol. The van der Waals surface area contributed by atoms with Crippen LogP contribution in [0.1, 0.15) is 0 Å². The Balaban J connectivity index is 1.95. The average Bonchev–Trinajstić information content (AvgIpc) is 2.57. The summed E-state index contributed by atoms with van der Waals surface area (Å²) < 4.78 is 11.7. The highest BCUT2D eigenvalue weighted by atomic mass is 31.2. The maximum atomic E-state index is 11.1. The van der Waals surface area contributed by atoms with Crippen molar-refractivity contribution in [1.29, 1.82) is 0 Å². The Bertz CT molecular complexity index is 661. The first-order valence-corrected chi connectivity index (χ1v) is 8.51. The molecule has 22 heavy (non-hydrogen) atoms. The lowest BCUT2D eigenvalue weighted by molar-refractivity contribution is 0.362. The standard InChI is InChI=1S/C18H16O3P/c19-22(18-14-8-3-9-15-18,20-16-10-4-1-5-11-16)21-17-12-6-2-7-13-17/h1-15,19H/q+1. The van der Waals surface area contributed by atoms with Crippen LogP contribution in [0.5, 0.6) is 11.5 Å². The Hall–Kier alpha value is -2.35. The van der Waals surface area contributed by atoms with Gasteiger partial charge in [-0.2, -0.15) is 4.89 Å². The topological polar surface area (TPSA) is 38.7 Å². The Kier molecular flexibility index (Phi) is 4.38. The predicted octanol–water partition coefficient (Wildman–Crippen LogP) is 4.22. The van der Waals surface area contributed by atoms with Crippen molar-refractivity contribution in [3.63, 3.8) is 0 Å². The summed E-state index contributed by atoms with van der Waals surface area (Å²) >= 11 is 0. The summed E-state index contributed by atoms with van der Waals surface area (Å²) in [5.41, 5.74) is 0. The van der Waals surface area contributed by atoms with E-state index in [2.05, 4.69) is 0 Å². The third-order valence-corrected chi connectivity index (χ3v) is 4.89. The Morgan fingerprint density at radius 3 is 1.32 bits per heavy atom. The van der Waals surface area contributed by atoms with Crippen LogP contribution in [0, 0.1) is 0 Å². The summed E-state index contributed by atoms with van der Waals surface area (Å²) in [7, 11) is -3.27. The molecule has 1 N–H and O–H groups in total. The zero-order valence-corrected chi connectivity index (χ0v) is 12.8. The number of hydrogen-bond acceptors (Lipinski definition) is 3. The first kappa shape index (κ1) is 14.6. The first-order chi connectivity index (χ1) is 10.8. The molecule has 0 amide bonds. The van der Waals surface area contributed by atoms with E-state index in [-0.39, 0.29) is 0 Å². The normalized spacial score (nSPS) is 11.0. The fourth-order valence-electron chi connectivity index (χ4n) is 1.99. The average molecular weight is 311 g/mol. The van der Waals surface area contributed by atoms with Crippen LogP contribution in [-0.2, 0) is 0 Å². The Morgan fingerprint density at radius 2 is 0.909 bits per heavy atom. The quantitative estimate of drug-likeness (QED) is 0.717. The van der Waals surface area contributed by atoms with E-state index in [0.717, 1.165) is 0 Å². The van der Waals surface area contributed by atoms with E-state index in [4.69, 9.17) is 9.05 Å². The molecule has 0 saturated heterocycles. The molecule has 0 heterocycles. The van der Waals surface area contributed by atoms with Crippen molar-refractivity contribution >= 4 is 13.2 Å². The molecule has 3 rings (SSSR count). The van der Waals surface area contributed by atoms with Gasteiger partial charge < -0.3 is 0 Å². The van der Waals surface area contributed by atoms with Gasteiger partial charge in [0, 0.05) is 0 Å². The van der Waals surface area contributed by atoms with Crippen LogP contribution < -0.4 is 14.4 Å². The lowest BCUT2D eigenvalue weighted by atomic mass is 10.3. The monoisotopic (exact) mass is 311 g/mol. The molecule has 110 valence electrons. The van der Waals surface area contributed by atoms with E-state index in [0.29, 0.717) is 16.8 Å². The third kappa shape index (κ3) is 3.45. The molecule has 3 nitrogen and oxygen atoms in total. The van der Waals surface area contributed by atoms with E-state index in [1.165, 1.54) is 0 Å². The molecule has 0 aliphatic carbocycles. The van der Waals surface area contributed by atoms with Crippen molar-refractivity contribution in [2.24, 2.45) is 0 Å². The SMILES string of the molecule is O[P+](Oc1ccccc1)(Oc1ccccc1)c1ccccc1. The van der Waals surface area contributed by atoms with Crippen LogP contribution >= 0.6 is 7.94 Å². The van der Waals surface area contributed by atoms with E-state index in [1.807, 2.05) is 54.6 Å². The van der Waals surface area contributed by atoms with E-state index in [9.17, 15) is 4.89 Å². The molecule has 0 radical (unpaired) electrons. The van der Waals surface area contributed by atoms with Crippen LogP contribution in [0.15, 0.2) is 91.0 Å². The molecule has 0 atom stereocenters. The fourth-order valence-corrected chi connectivity index (χ4v) is 3.60. The highest BCUT2D eigenvalue weighted by Gasteiger charge is 2.47. The second kappa shape index (κ2) is 6.61. The summed E-state index contributed by atoms with van der Waals surface area (Å²) in [6.07, 6.45) is 0. The van der Waals surface area contributed by atoms with Gasteiger partial charge in [-0.25, -0.2) is 0 Å². The zero-order chi connectivity index (χ0) is 15.3. The van der Waals surface area contributed by atoms with Gasteiger partial charge in [0.15, 0.2) is 11.5 Å². The number of rotatable bonds is 5. The summed E-state index contributed by atoms with van der Waals surface area (Å²) in [5, 5.41) is 0.628. The maximum absolute atomic E-state index is 11.1. The molecular formula is C18H16O3P+. The van der Waals surface area contributed by atoms with Crippen molar-refractivity contribution in [3.05, 3.63) is 91.0 Å². The third-order valence-electron chi connectivity index (χ3n) is 3.03. The minimum atomic E-state index is -3.27. The van der Waals surface area contributed by atoms with Gasteiger partial charge in [-0.05, 0) is 36.4 Å². The maximum Gasteiger partial charge on any atom is 0.533 e. The van der Waals surface area contributed by atoms with Crippen molar-refractivity contribution in [2.75, 3.05) is 0 Å². The Morgan fingerprint density at radius 1 is 0.545 bits per heavy atom. The number of para-hydroxylation sites is 2. The molecule has 0 aromatic heterocycles. The lowest BCUT2D eigenvalue weighted by Crippen LogP contribution is -2.20. The number of benzene rings is 3. The van der Waals surface area contributed by atoms with Gasteiger partial charge in [0.1, 0.15) is 0 Å². The molecule has 0 fully saturated rings. The van der Waals surface area contributed by atoms with Crippen LogP contribution in [0.2, 0.25) is 0 Å². The van der Waals surface area contributed by atoms with Gasteiger partial charge in [0.05, 0.1) is 0 Å². The van der Waals surface area contributed by atoms with Gasteiger partial charge >= 0.3 is 7.94 Å². The summed E-state index contributed by atoms with van der Waals surface area (Å²) in [4.78, 5) is 11.1. The molecule has 0 aliphatic rings. The van der Waals surface area contributed by atoms with Crippen LogP contribution in [-0.4, -0.2) is 4.89 Å². The van der Waals surface area contributed by atoms with Crippen LogP contribution in [0.25, 0.3) is 0 Å². The van der Waals surface area contributed by atoms with E-state index < -0.39 is 7.94 Å². The van der Waals surface area contributed by atoms with Crippen molar-refractivity contribution in [3.8, 4) is 11.5 Å². The summed E-state index contributed by atoms with van der Waals surface area (Å²) in [5.74, 6) is 1.14. The zero-order valence-electron chi connectivity index (χ0n) is 11.9. The lowest BCUT2D eigenvalue weighted by Gasteiger charge is -2.17. The fraction of sp³-hybridized carbons (Fsp3) is 0. The summed E-state index contributed by atoms with van der Waals surface area (Å²) in [6.45, 7) is 0. The second-order valence-corrected chi connectivity index (χ2v) is 6.59. The van der Waals surface area contributed by atoms with Crippen molar-refractivity contribution in [2.45, 2.75) is 0 Å². The van der Waals surface area contributed by atoms with E-state index in [1.54, 1.807) is 36.4 Å². The van der Waals surface area contributed by atoms with E-state index >= 15 is 0 Å². The Labute approximate surface area is 130 Å². The van der Waals surface area contributed by atoms with Crippen LogP contribution in [0.4, 0.5) is 0 Å². The van der Waals surface area contributed by atoms with Gasteiger partial charge in [0.25, 0.3) is 0 Å². The molecule has 0 spiro atoms.